The minimum atomic E-state index is 0.746. The predicted octanol–water partition coefficient (Wildman–Crippen LogP) is 1.21. The molecule has 102 valence electrons. The van der Waals surface area contributed by atoms with Gasteiger partial charge in [0.05, 0.1) is 6.20 Å². The molecule has 0 aromatic carbocycles. The van der Waals surface area contributed by atoms with Crippen LogP contribution in [0.5, 0.6) is 0 Å². The fourth-order valence-corrected chi connectivity index (χ4v) is 2.72. The van der Waals surface area contributed by atoms with Gasteiger partial charge in [-0.2, -0.15) is 5.10 Å². The fraction of sp³-hybridized carbons (Fsp3) is 0.769. The average molecular weight is 271 g/mol. The Balaban J connectivity index is 1.73. The number of hydrogen-bond acceptors (Lipinski definition) is 3. The maximum atomic E-state index is 5.80. The van der Waals surface area contributed by atoms with Gasteiger partial charge < -0.3 is 9.80 Å². The predicted molar refractivity (Wildman–Crippen MR) is 75.1 cm³/mol. The first-order valence-corrected chi connectivity index (χ1v) is 7.29. The summed E-state index contributed by atoms with van der Waals surface area (Å²) in [4.78, 5) is 5.03. The Bertz CT molecular complexity index is 353. The molecule has 1 aliphatic heterocycles. The van der Waals surface area contributed by atoms with Crippen LogP contribution in [0.15, 0.2) is 12.4 Å². The number of alkyl halides is 1. The molecule has 0 aliphatic carbocycles. The van der Waals surface area contributed by atoms with Crippen LogP contribution in [-0.4, -0.2) is 64.7 Å². The Morgan fingerprint density at radius 2 is 1.89 bits per heavy atom. The zero-order valence-electron chi connectivity index (χ0n) is 11.2. The Hall–Kier alpha value is -0.580. The van der Waals surface area contributed by atoms with Crippen LogP contribution in [0, 0.1) is 0 Å². The van der Waals surface area contributed by atoms with Gasteiger partial charge >= 0.3 is 0 Å². The number of nitrogens with zero attached hydrogens (tertiary/aromatic N) is 4. The molecule has 0 amide bonds. The van der Waals surface area contributed by atoms with Gasteiger partial charge in [-0.15, -0.1) is 11.6 Å². The third kappa shape index (κ3) is 4.26. The van der Waals surface area contributed by atoms with Crippen molar-refractivity contribution in [3.63, 3.8) is 0 Å². The van der Waals surface area contributed by atoms with Crippen molar-refractivity contribution < 1.29 is 0 Å². The molecule has 0 radical (unpaired) electrons. The van der Waals surface area contributed by atoms with Crippen LogP contribution in [0.3, 0.4) is 0 Å². The summed E-state index contributed by atoms with van der Waals surface area (Å²) in [6.07, 6.45) is 6.43. The molecule has 0 atom stereocenters. The highest BCUT2D eigenvalue weighted by molar-refractivity contribution is 6.18. The van der Waals surface area contributed by atoms with Crippen molar-refractivity contribution in [1.82, 2.24) is 19.6 Å². The first-order valence-electron chi connectivity index (χ1n) is 6.76. The van der Waals surface area contributed by atoms with Crippen molar-refractivity contribution in [2.45, 2.75) is 12.8 Å². The molecular weight excluding hydrogens is 248 g/mol. The van der Waals surface area contributed by atoms with E-state index in [1.165, 1.54) is 25.1 Å². The molecule has 2 heterocycles. The Kier molecular flexibility index (Phi) is 5.47. The van der Waals surface area contributed by atoms with Crippen LogP contribution in [-0.2, 0) is 13.5 Å². The number of halogens is 1. The molecule has 1 fully saturated rings. The van der Waals surface area contributed by atoms with E-state index >= 15 is 0 Å². The molecule has 2 rings (SSSR count). The molecule has 1 aliphatic rings. The van der Waals surface area contributed by atoms with Crippen LogP contribution in [0.1, 0.15) is 12.0 Å². The first-order chi connectivity index (χ1) is 8.78. The Morgan fingerprint density at radius 1 is 1.17 bits per heavy atom. The summed E-state index contributed by atoms with van der Waals surface area (Å²) in [5, 5.41) is 4.21. The standard InChI is InChI=1S/C13H23ClN4/c1-16-12-13(11-15-16)3-7-17-5-2-6-18(8-4-14)10-9-17/h11-12H,2-10H2,1H3. The quantitative estimate of drug-likeness (QED) is 0.752. The second-order valence-electron chi connectivity index (χ2n) is 5.00. The van der Waals surface area contributed by atoms with E-state index in [4.69, 9.17) is 11.6 Å². The SMILES string of the molecule is Cn1cc(CCN2CCCN(CCCl)CC2)cn1. The van der Waals surface area contributed by atoms with Crippen molar-refractivity contribution in [3.8, 4) is 0 Å². The Labute approximate surface area is 115 Å². The number of aromatic nitrogens is 2. The van der Waals surface area contributed by atoms with Crippen molar-refractivity contribution in [2.24, 2.45) is 7.05 Å². The summed E-state index contributed by atoms with van der Waals surface area (Å²) < 4.78 is 1.87. The maximum Gasteiger partial charge on any atom is 0.0522 e. The van der Waals surface area contributed by atoms with Crippen molar-refractivity contribution in [1.29, 1.82) is 0 Å². The largest absolute Gasteiger partial charge is 0.302 e. The molecule has 4 nitrogen and oxygen atoms in total. The van der Waals surface area contributed by atoms with E-state index in [9.17, 15) is 0 Å². The Morgan fingerprint density at radius 3 is 2.50 bits per heavy atom. The average Bonchev–Trinajstić information content (AvgIpc) is 2.64. The van der Waals surface area contributed by atoms with Crippen molar-refractivity contribution >= 4 is 11.6 Å². The van der Waals surface area contributed by atoms with Gasteiger partial charge in [0.25, 0.3) is 0 Å². The number of aryl methyl sites for hydroxylation is 1. The van der Waals surface area contributed by atoms with Gasteiger partial charge in [0.15, 0.2) is 0 Å². The highest BCUT2D eigenvalue weighted by Gasteiger charge is 2.14. The smallest absolute Gasteiger partial charge is 0.0522 e. The highest BCUT2D eigenvalue weighted by atomic mass is 35.5. The molecule has 0 spiro atoms. The molecule has 0 N–H and O–H groups in total. The third-order valence-corrected chi connectivity index (χ3v) is 3.73. The van der Waals surface area contributed by atoms with Gasteiger partial charge in [-0.25, -0.2) is 0 Å². The van der Waals surface area contributed by atoms with Crippen molar-refractivity contribution in [3.05, 3.63) is 18.0 Å². The molecule has 1 aromatic rings. The maximum absolute atomic E-state index is 5.80. The summed E-state index contributed by atoms with van der Waals surface area (Å²) in [6, 6.07) is 0. The lowest BCUT2D eigenvalue weighted by molar-refractivity contribution is 0.266. The van der Waals surface area contributed by atoms with Gasteiger partial charge in [-0.05, 0) is 31.5 Å². The number of rotatable bonds is 5. The topological polar surface area (TPSA) is 24.3 Å². The zero-order chi connectivity index (χ0) is 12.8. The molecule has 0 bridgehead atoms. The zero-order valence-corrected chi connectivity index (χ0v) is 11.9. The van der Waals surface area contributed by atoms with Crippen LogP contribution in [0.4, 0.5) is 0 Å². The molecule has 5 heteroatoms. The normalized spacial score (nSPS) is 19.0. The monoisotopic (exact) mass is 270 g/mol. The van der Waals surface area contributed by atoms with E-state index < -0.39 is 0 Å². The lowest BCUT2D eigenvalue weighted by Crippen LogP contribution is -2.32. The first kappa shape index (κ1) is 13.8. The van der Waals surface area contributed by atoms with Gasteiger partial charge in [-0.1, -0.05) is 0 Å². The molecule has 1 saturated heterocycles. The summed E-state index contributed by atoms with van der Waals surface area (Å²) in [6.45, 7) is 6.88. The van der Waals surface area contributed by atoms with Gasteiger partial charge in [0.1, 0.15) is 0 Å². The minimum absolute atomic E-state index is 0.746. The third-order valence-electron chi connectivity index (χ3n) is 3.56. The second kappa shape index (κ2) is 7.12. The molecular formula is C13H23ClN4. The van der Waals surface area contributed by atoms with E-state index in [0.717, 1.165) is 38.5 Å². The fourth-order valence-electron chi connectivity index (χ4n) is 2.48. The van der Waals surface area contributed by atoms with Gasteiger partial charge in [0, 0.05) is 45.3 Å². The second-order valence-corrected chi connectivity index (χ2v) is 5.38. The lowest BCUT2D eigenvalue weighted by Gasteiger charge is -2.20. The molecule has 18 heavy (non-hydrogen) atoms. The van der Waals surface area contributed by atoms with E-state index in [0.29, 0.717) is 0 Å². The lowest BCUT2D eigenvalue weighted by atomic mass is 10.2. The number of hydrogen-bond donors (Lipinski definition) is 0. The summed E-state index contributed by atoms with van der Waals surface area (Å²) in [7, 11) is 1.97. The van der Waals surface area contributed by atoms with Crippen LogP contribution in [0.2, 0.25) is 0 Å². The minimum Gasteiger partial charge on any atom is -0.302 e. The summed E-state index contributed by atoms with van der Waals surface area (Å²) in [5.74, 6) is 0.746. The van der Waals surface area contributed by atoms with Crippen molar-refractivity contribution in [2.75, 3.05) is 45.1 Å². The highest BCUT2D eigenvalue weighted by Crippen LogP contribution is 2.05. The van der Waals surface area contributed by atoms with E-state index in [1.807, 2.05) is 17.9 Å². The summed E-state index contributed by atoms with van der Waals surface area (Å²) in [5.41, 5.74) is 1.33. The van der Waals surface area contributed by atoms with Gasteiger partial charge in [0.2, 0.25) is 0 Å². The van der Waals surface area contributed by atoms with Crippen LogP contribution >= 0.6 is 11.6 Å². The van der Waals surface area contributed by atoms with Gasteiger partial charge in [-0.3, -0.25) is 4.68 Å². The molecule has 0 saturated carbocycles. The van der Waals surface area contributed by atoms with E-state index in [2.05, 4.69) is 21.1 Å². The summed E-state index contributed by atoms with van der Waals surface area (Å²) >= 11 is 5.80. The van der Waals surface area contributed by atoms with E-state index in [-0.39, 0.29) is 0 Å². The van der Waals surface area contributed by atoms with Crippen LogP contribution in [0.25, 0.3) is 0 Å². The van der Waals surface area contributed by atoms with Crippen LogP contribution < -0.4 is 0 Å². The molecule has 0 unspecified atom stereocenters. The van der Waals surface area contributed by atoms with E-state index in [1.54, 1.807) is 0 Å². The molecule has 1 aromatic heterocycles.